The third-order valence-corrected chi connectivity index (χ3v) is 5.94. The lowest BCUT2D eigenvalue weighted by atomic mass is 9.99. The van der Waals surface area contributed by atoms with Crippen LogP contribution in [0.1, 0.15) is 42.9 Å². The SMILES string of the molecule is CCC(Nc1cnc(C(F)(F)F)cn1)C1CC(C)CN1C(=O)c1nccnc1-c1ccccc1. The van der Waals surface area contributed by atoms with Crippen LogP contribution in [0.25, 0.3) is 11.3 Å². The highest BCUT2D eigenvalue weighted by Crippen LogP contribution is 2.31. The first kappa shape index (κ1) is 23.6. The fraction of sp³-hybridized carbons (Fsp3) is 0.375. The average molecular weight is 470 g/mol. The summed E-state index contributed by atoms with van der Waals surface area (Å²) >= 11 is 0. The lowest BCUT2D eigenvalue weighted by molar-refractivity contribution is -0.141. The van der Waals surface area contributed by atoms with E-state index in [1.54, 1.807) is 11.1 Å². The highest BCUT2D eigenvalue weighted by molar-refractivity contribution is 5.98. The van der Waals surface area contributed by atoms with E-state index in [0.29, 0.717) is 24.9 Å². The maximum atomic E-state index is 13.7. The Morgan fingerprint density at radius 1 is 1.12 bits per heavy atom. The summed E-state index contributed by atoms with van der Waals surface area (Å²) < 4.78 is 38.4. The number of carbonyl (C=O) groups excluding carboxylic acids is 1. The van der Waals surface area contributed by atoms with E-state index in [1.165, 1.54) is 6.20 Å². The van der Waals surface area contributed by atoms with Gasteiger partial charge in [-0.2, -0.15) is 13.2 Å². The van der Waals surface area contributed by atoms with E-state index in [4.69, 9.17) is 0 Å². The van der Waals surface area contributed by atoms with Crippen molar-refractivity contribution in [1.29, 1.82) is 0 Å². The van der Waals surface area contributed by atoms with Crippen LogP contribution in [0, 0.1) is 5.92 Å². The minimum Gasteiger partial charge on any atom is -0.364 e. The van der Waals surface area contributed by atoms with Crippen LogP contribution >= 0.6 is 0 Å². The van der Waals surface area contributed by atoms with Crippen LogP contribution in [0.15, 0.2) is 55.1 Å². The van der Waals surface area contributed by atoms with Gasteiger partial charge in [0.2, 0.25) is 0 Å². The molecule has 0 bridgehead atoms. The molecule has 178 valence electrons. The van der Waals surface area contributed by atoms with Crippen LogP contribution in [-0.2, 0) is 6.18 Å². The Balaban J connectivity index is 1.59. The standard InChI is InChI=1S/C24H25F3N6O/c1-3-17(32-20-13-30-19(12-31-20)24(25,26)27)18-11-15(2)14-33(18)23(34)22-21(28-9-10-29-22)16-7-5-4-6-8-16/h4-10,12-13,15,17-18H,3,11,14H2,1-2H3,(H,31,32). The van der Waals surface area contributed by atoms with Crippen molar-refractivity contribution in [3.63, 3.8) is 0 Å². The summed E-state index contributed by atoms with van der Waals surface area (Å²) in [6.07, 6.45) is 1.67. The van der Waals surface area contributed by atoms with Gasteiger partial charge in [0.05, 0.1) is 18.4 Å². The normalized spacial score (nSPS) is 19.1. The third kappa shape index (κ3) is 5.00. The molecule has 1 fully saturated rings. The van der Waals surface area contributed by atoms with E-state index in [0.717, 1.165) is 18.2 Å². The Morgan fingerprint density at radius 3 is 2.50 bits per heavy atom. The monoisotopic (exact) mass is 470 g/mol. The molecular weight excluding hydrogens is 445 g/mol. The number of alkyl halides is 3. The van der Waals surface area contributed by atoms with E-state index >= 15 is 0 Å². The highest BCUT2D eigenvalue weighted by atomic mass is 19.4. The average Bonchev–Trinajstić information content (AvgIpc) is 3.23. The van der Waals surface area contributed by atoms with Crippen molar-refractivity contribution in [2.75, 3.05) is 11.9 Å². The summed E-state index contributed by atoms with van der Waals surface area (Å²) in [7, 11) is 0. The first-order valence-corrected chi connectivity index (χ1v) is 11.1. The molecule has 0 radical (unpaired) electrons. The lowest BCUT2D eigenvalue weighted by Crippen LogP contribution is -2.46. The van der Waals surface area contributed by atoms with Gasteiger partial charge < -0.3 is 10.2 Å². The van der Waals surface area contributed by atoms with Gasteiger partial charge in [-0.05, 0) is 18.8 Å². The van der Waals surface area contributed by atoms with Gasteiger partial charge in [-0.1, -0.05) is 44.2 Å². The van der Waals surface area contributed by atoms with Crippen LogP contribution in [0.5, 0.6) is 0 Å². The van der Waals surface area contributed by atoms with Crippen molar-refractivity contribution in [2.45, 2.75) is 44.9 Å². The number of halogens is 3. The Kier molecular flexibility index (Phi) is 6.76. The molecule has 1 aromatic carbocycles. The molecule has 4 rings (SSSR count). The van der Waals surface area contributed by atoms with Crippen molar-refractivity contribution in [2.24, 2.45) is 5.92 Å². The Morgan fingerprint density at radius 2 is 1.85 bits per heavy atom. The third-order valence-electron chi connectivity index (χ3n) is 5.94. The van der Waals surface area contributed by atoms with Gasteiger partial charge in [0.1, 0.15) is 11.5 Å². The number of likely N-dealkylation sites (tertiary alicyclic amines) is 1. The van der Waals surface area contributed by atoms with E-state index in [9.17, 15) is 18.0 Å². The molecule has 10 heteroatoms. The second kappa shape index (κ2) is 9.74. The number of benzene rings is 1. The molecule has 0 spiro atoms. The molecule has 3 unspecified atom stereocenters. The molecule has 34 heavy (non-hydrogen) atoms. The first-order chi connectivity index (χ1) is 16.3. The number of carbonyl (C=O) groups is 1. The molecule has 3 aromatic rings. The van der Waals surface area contributed by atoms with Gasteiger partial charge in [-0.25, -0.2) is 15.0 Å². The van der Waals surface area contributed by atoms with Crippen LogP contribution in [0.4, 0.5) is 19.0 Å². The maximum Gasteiger partial charge on any atom is 0.434 e. The summed E-state index contributed by atoms with van der Waals surface area (Å²) in [5.74, 6) is 0.261. The summed E-state index contributed by atoms with van der Waals surface area (Å²) in [6.45, 7) is 4.57. The molecule has 1 aliphatic rings. The van der Waals surface area contributed by atoms with Gasteiger partial charge in [-0.15, -0.1) is 0 Å². The molecule has 2 aromatic heterocycles. The second-order valence-electron chi connectivity index (χ2n) is 8.43. The zero-order valence-corrected chi connectivity index (χ0v) is 18.8. The number of hydrogen-bond acceptors (Lipinski definition) is 6. The van der Waals surface area contributed by atoms with Gasteiger partial charge in [0.25, 0.3) is 5.91 Å². The van der Waals surface area contributed by atoms with Crippen molar-refractivity contribution in [1.82, 2.24) is 24.8 Å². The fourth-order valence-corrected chi connectivity index (χ4v) is 4.35. The minimum absolute atomic E-state index is 0.192. The smallest absolute Gasteiger partial charge is 0.364 e. The van der Waals surface area contributed by atoms with E-state index in [1.807, 2.05) is 37.3 Å². The Hall–Kier alpha value is -3.56. The molecule has 1 amide bonds. The molecule has 0 saturated carbocycles. The first-order valence-electron chi connectivity index (χ1n) is 11.1. The summed E-state index contributed by atoms with van der Waals surface area (Å²) in [5.41, 5.74) is 0.541. The number of hydrogen-bond donors (Lipinski definition) is 1. The van der Waals surface area contributed by atoms with E-state index in [-0.39, 0.29) is 35.4 Å². The van der Waals surface area contributed by atoms with Crippen molar-refractivity contribution in [3.8, 4) is 11.3 Å². The van der Waals surface area contributed by atoms with Crippen LogP contribution < -0.4 is 5.32 Å². The van der Waals surface area contributed by atoms with E-state index < -0.39 is 11.9 Å². The summed E-state index contributed by atoms with van der Waals surface area (Å²) in [5, 5.41) is 3.18. The molecule has 3 heterocycles. The highest BCUT2D eigenvalue weighted by Gasteiger charge is 2.39. The van der Waals surface area contributed by atoms with Gasteiger partial charge in [-0.3, -0.25) is 9.78 Å². The summed E-state index contributed by atoms with van der Waals surface area (Å²) in [6, 6.07) is 8.98. The van der Waals surface area contributed by atoms with Crippen LogP contribution in [-0.4, -0.2) is 49.4 Å². The van der Waals surface area contributed by atoms with Crippen molar-refractivity contribution >= 4 is 11.7 Å². The van der Waals surface area contributed by atoms with Crippen molar-refractivity contribution < 1.29 is 18.0 Å². The molecular formula is C24H25F3N6O. The van der Waals surface area contributed by atoms with Gasteiger partial charge in [0.15, 0.2) is 11.4 Å². The molecule has 3 atom stereocenters. The number of aromatic nitrogens is 4. The lowest BCUT2D eigenvalue weighted by Gasteiger charge is -2.32. The summed E-state index contributed by atoms with van der Waals surface area (Å²) in [4.78, 5) is 31.6. The predicted molar refractivity (Wildman–Crippen MR) is 121 cm³/mol. The molecule has 7 nitrogen and oxygen atoms in total. The number of amides is 1. The molecule has 0 aliphatic carbocycles. The topological polar surface area (TPSA) is 83.9 Å². The van der Waals surface area contributed by atoms with Crippen molar-refractivity contribution in [3.05, 3.63) is 66.5 Å². The molecule has 1 aliphatic heterocycles. The van der Waals surface area contributed by atoms with Gasteiger partial charge in [0, 0.05) is 30.5 Å². The number of anilines is 1. The zero-order chi connectivity index (χ0) is 24.3. The number of nitrogens with zero attached hydrogens (tertiary/aromatic N) is 5. The van der Waals surface area contributed by atoms with E-state index in [2.05, 4.69) is 32.2 Å². The Bertz CT molecular complexity index is 1120. The number of nitrogens with one attached hydrogen (secondary N) is 1. The van der Waals surface area contributed by atoms with Crippen LogP contribution in [0.2, 0.25) is 0 Å². The van der Waals surface area contributed by atoms with Gasteiger partial charge >= 0.3 is 6.18 Å². The Labute approximate surface area is 195 Å². The fourth-order valence-electron chi connectivity index (χ4n) is 4.35. The largest absolute Gasteiger partial charge is 0.434 e. The van der Waals surface area contributed by atoms with Crippen LogP contribution in [0.3, 0.4) is 0 Å². The maximum absolute atomic E-state index is 13.7. The predicted octanol–water partition coefficient (Wildman–Crippen LogP) is 4.69. The zero-order valence-electron chi connectivity index (χ0n) is 18.8. The minimum atomic E-state index is -4.55. The number of rotatable bonds is 6. The quantitative estimate of drug-likeness (QED) is 0.563. The second-order valence-corrected chi connectivity index (χ2v) is 8.43. The molecule has 1 N–H and O–H groups in total. The molecule has 1 saturated heterocycles.